The molecule has 2 heterocycles. The first-order valence-corrected chi connectivity index (χ1v) is 7.81. The van der Waals surface area contributed by atoms with Crippen LogP contribution in [0.15, 0.2) is 41.9 Å². The first-order valence-electron chi connectivity index (χ1n) is 6.93. The van der Waals surface area contributed by atoms with Crippen LogP contribution in [0.25, 0.3) is 16.3 Å². The third-order valence-electron chi connectivity index (χ3n) is 3.14. The van der Waals surface area contributed by atoms with Crippen molar-refractivity contribution in [3.8, 4) is 16.3 Å². The zero-order chi connectivity index (χ0) is 15.5. The van der Waals surface area contributed by atoms with Crippen molar-refractivity contribution in [3.05, 3.63) is 53.3 Å². The molecule has 112 valence electrons. The molecule has 0 aliphatic rings. The van der Waals surface area contributed by atoms with E-state index in [1.165, 1.54) is 11.3 Å². The minimum Gasteiger partial charge on any atom is -0.461 e. The molecule has 5 nitrogen and oxygen atoms in total. The Morgan fingerprint density at radius 1 is 1.32 bits per heavy atom. The number of nitrogens with zero attached hydrogens (tertiary/aromatic N) is 3. The van der Waals surface area contributed by atoms with Gasteiger partial charge in [0.15, 0.2) is 5.69 Å². The number of thiazole rings is 1. The van der Waals surface area contributed by atoms with Crippen LogP contribution in [0.1, 0.15) is 23.1 Å². The van der Waals surface area contributed by atoms with E-state index in [1.54, 1.807) is 12.3 Å². The van der Waals surface area contributed by atoms with Crippen molar-refractivity contribution in [2.24, 2.45) is 0 Å². The Morgan fingerprint density at radius 3 is 2.82 bits per heavy atom. The highest BCUT2D eigenvalue weighted by atomic mass is 32.1. The molecule has 0 fully saturated rings. The van der Waals surface area contributed by atoms with Crippen LogP contribution in [0, 0.1) is 6.92 Å². The lowest BCUT2D eigenvalue weighted by Gasteiger charge is -1.98. The summed E-state index contributed by atoms with van der Waals surface area (Å²) in [5.41, 5.74) is 3.12. The normalized spacial score (nSPS) is 10.6. The van der Waals surface area contributed by atoms with Gasteiger partial charge in [-0.15, -0.1) is 11.3 Å². The number of benzene rings is 1. The van der Waals surface area contributed by atoms with Crippen molar-refractivity contribution in [1.82, 2.24) is 14.8 Å². The molecule has 0 unspecified atom stereocenters. The van der Waals surface area contributed by atoms with Crippen molar-refractivity contribution in [1.29, 1.82) is 0 Å². The summed E-state index contributed by atoms with van der Waals surface area (Å²) in [6, 6.07) is 9.87. The van der Waals surface area contributed by atoms with Gasteiger partial charge < -0.3 is 4.74 Å². The van der Waals surface area contributed by atoms with E-state index >= 15 is 0 Å². The second-order valence-corrected chi connectivity index (χ2v) is 5.52. The monoisotopic (exact) mass is 313 g/mol. The molecular weight excluding hydrogens is 298 g/mol. The molecule has 3 rings (SSSR count). The maximum atomic E-state index is 11.7. The summed E-state index contributed by atoms with van der Waals surface area (Å²) >= 11 is 1.41. The maximum Gasteiger partial charge on any atom is 0.357 e. The number of aryl methyl sites for hydroxylation is 1. The van der Waals surface area contributed by atoms with Gasteiger partial charge in [0.1, 0.15) is 5.01 Å². The standard InChI is InChI=1S/C16H15N3O2S/c1-3-21-16(20)14-10-22-15(17-14)13-9-19(18-11(13)2)12-7-5-4-6-8-12/h4-10H,3H2,1-2H3. The van der Waals surface area contributed by atoms with Crippen LogP contribution in [0.3, 0.4) is 0 Å². The smallest absolute Gasteiger partial charge is 0.357 e. The van der Waals surface area contributed by atoms with Crippen molar-refractivity contribution in [2.45, 2.75) is 13.8 Å². The molecule has 1 aromatic carbocycles. The SMILES string of the molecule is CCOC(=O)c1csc(-c2cn(-c3ccccc3)nc2C)n1. The van der Waals surface area contributed by atoms with Crippen LogP contribution in [-0.4, -0.2) is 27.3 Å². The molecule has 0 saturated carbocycles. The fraction of sp³-hybridized carbons (Fsp3) is 0.188. The molecule has 0 radical (unpaired) electrons. The van der Waals surface area contributed by atoms with Gasteiger partial charge in [-0.3, -0.25) is 0 Å². The Morgan fingerprint density at radius 2 is 2.09 bits per heavy atom. The van der Waals surface area contributed by atoms with Gasteiger partial charge in [-0.05, 0) is 26.0 Å². The molecule has 22 heavy (non-hydrogen) atoms. The molecule has 0 atom stereocenters. The van der Waals surface area contributed by atoms with E-state index in [4.69, 9.17) is 4.74 Å². The van der Waals surface area contributed by atoms with Crippen molar-refractivity contribution >= 4 is 17.3 Å². The van der Waals surface area contributed by atoms with Gasteiger partial charge in [0, 0.05) is 11.6 Å². The number of hydrogen-bond donors (Lipinski definition) is 0. The number of hydrogen-bond acceptors (Lipinski definition) is 5. The quantitative estimate of drug-likeness (QED) is 0.692. The lowest BCUT2D eigenvalue weighted by molar-refractivity contribution is 0.0520. The highest BCUT2D eigenvalue weighted by Crippen LogP contribution is 2.27. The summed E-state index contributed by atoms with van der Waals surface area (Å²) in [7, 11) is 0. The van der Waals surface area contributed by atoms with Crippen molar-refractivity contribution in [3.63, 3.8) is 0 Å². The summed E-state index contributed by atoms with van der Waals surface area (Å²) in [6.45, 7) is 4.05. The molecular formula is C16H15N3O2S. The Bertz CT molecular complexity index is 793. The molecule has 0 aliphatic heterocycles. The van der Waals surface area contributed by atoms with Crippen LogP contribution in [-0.2, 0) is 4.74 Å². The number of ether oxygens (including phenoxy) is 1. The highest BCUT2D eigenvalue weighted by molar-refractivity contribution is 7.13. The molecule has 0 bridgehead atoms. The third-order valence-corrected chi connectivity index (χ3v) is 4.01. The van der Waals surface area contributed by atoms with Gasteiger partial charge >= 0.3 is 5.97 Å². The molecule has 2 aromatic heterocycles. The molecule has 3 aromatic rings. The third kappa shape index (κ3) is 2.78. The molecule has 0 N–H and O–H groups in total. The summed E-state index contributed by atoms with van der Waals surface area (Å²) < 4.78 is 6.78. The fourth-order valence-electron chi connectivity index (χ4n) is 2.08. The summed E-state index contributed by atoms with van der Waals surface area (Å²) in [4.78, 5) is 16.1. The minimum atomic E-state index is -0.391. The van der Waals surface area contributed by atoms with Gasteiger partial charge in [-0.25, -0.2) is 14.5 Å². The van der Waals surface area contributed by atoms with Gasteiger partial charge in [-0.2, -0.15) is 5.10 Å². The van der Waals surface area contributed by atoms with Crippen LogP contribution >= 0.6 is 11.3 Å². The minimum absolute atomic E-state index is 0.341. The van der Waals surface area contributed by atoms with Crippen LogP contribution in [0.2, 0.25) is 0 Å². The second kappa shape index (κ2) is 6.11. The second-order valence-electron chi connectivity index (χ2n) is 4.67. The summed E-state index contributed by atoms with van der Waals surface area (Å²) in [6.07, 6.45) is 1.93. The van der Waals surface area contributed by atoms with Crippen LogP contribution < -0.4 is 0 Å². The molecule has 0 amide bonds. The van der Waals surface area contributed by atoms with E-state index in [0.717, 1.165) is 22.0 Å². The van der Waals surface area contributed by atoms with Gasteiger partial charge in [0.25, 0.3) is 0 Å². The highest BCUT2D eigenvalue weighted by Gasteiger charge is 2.16. The molecule has 0 aliphatic carbocycles. The fourth-order valence-corrected chi connectivity index (χ4v) is 2.93. The molecule has 0 saturated heterocycles. The largest absolute Gasteiger partial charge is 0.461 e. The van der Waals surface area contributed by atoms with E-state index in [9.17, 15) is 4.79 Å². The van der Waals surface area contributed by atoms with Gasteiger partial charge in [0.2, 0.25) is 0 Å². The van der Waals surface area contributed by atoms with E-state index in [0.29, 0.717) is 12.3 Å². The van der Waals surface area contributed by atoms with E-state index in [-0.39, 0.29) is 0 Å². The lowest BCUT2D eigenvalue weighted by Crippen LogP contribution is -2.04. The first-order chi connectivity index (χ1) is 10.7. The van der Waals surface area contributed by atoms with Crippen LogP contribution in [0.4, 0.5) is 0 Å². The molecule has 6 heteroatoms. The molecule has 0 spiro atoms. The van der Waals surface area contributed by atoms with Crippen molar-refractivity contribution < 1.29 is 9.53 Å². The van der Waals surface area contributed by atoms with E-state index in [1.807, 2.05) is 48.1 Å². The Hall–Kier alpha value is -2.47. The number of aromatic nitrogens is 3. The number of rotatable bonds is 4. The summed E-state index contributed by atoms with van der Waals surface area (Å²) in [5.74, 6) is -0.391. The number of para-hydroxylation sites is 1. The summed E-state index contributed by atoms with van der Waals surface area (Å²) in [5, 5.41) is 7.00. The average molecular weight is 313 g/mol. The van der Waals surface area contributed by atoms with Crippen LogP contribution in [0.5, 0.6) is 0 Å². The Kier molecular flexibility index (Phi) is 4.02. The van der Waals surface area contributed by atoms with E-state index in [2.05, 4.69) is 10.1 Å². The average Bonchev–Trinajstić information content (AvgIpc) is 3.15. The lowest BCUT2D eigenvalue weighted by atomic mass is 10.3. The van der Waals surface area contributed by atoms with E-state index < -0.39 is 5.97 Å². The number of carbonyl (C=O) groups is 1. The predicted molar refractivity (Wildman–Crippen MR) is 85.4 cm³/mol. The predicted octanol–water partition coefficient (Wildman–Crippen LogP) is 3.48. The topological polar surface area (TPSA) is 57.0 Å². The number of esters is 1. The maximum absolute atomic E-state index is 11.7. The first kappa shape index (κ1) is 14.5. The zero-order valence-corrected chi connectivity index (χ0v) is 13.1. The number of carbonyl (C=O) groups excluding carboxylic acids is 1. The van der Waals surface area contributed by atoms with Crippen molar-refractivity contribution in [2.75, 3.05) is 6.61 Å². The Balaban J connectivity index is 1.93. The Labute approximate surface area is 132 Å². The zero-order valence-electron chi connectivity index (χ0n) is 12.3. The van der Waals surface area contributed by atoms with Gasteiger partial charge in [-0.1, -0.05) is 18.2 Å². The van der Waals surface area contributed by atoms with Gasteiger partial charge in [0.05, 0.1) is 23.6 Å².